The van der Waals surface area contributed by atoms with Crippen LogP contribution in [0.15, 0.2) is 18.2 Å². The summed E-state index contributed by atoms with van der Waals surface area (Å²) in [6, 6.07) is 6.71. The minimum absolute atomic E-state index is 0.116. The molecule has 3 atom stereocenters. The molecule has 0 aliphatic heterocycles. The molecule has 1 aliphatic rings. The minimum Gasteiger partial charge on any atom is -0.321 e. The molecule has 3 unspecified atom stereocenters. The molecule has 0 radical (unpaired) electrons. The van der Waals surface area contributed by atoms with Crippen molar-refractivity contribution in [3.05, 3.63) is 34.9 Å². The Morgan fingerprint density at radius 1 is 1.18 bits per heavy atom. The molecule has 0 bridgehead atoms. The lowest BCUT2D eigenvalue weighted by Gasteiger charge is -2.43. The zero-order valence-corrected chi connectivity index (χ0v) is 11.6. The van der Waals surface area contributed by atoms with Crippen LogP contribution in [0.4, 0.5) is 0 Å². The molecule has 94 valence electrons. The summed E-state index contributed by atoms with van der Waals surface area (Å²) >= 11 is 0. The van der Waals surface area contributed by atoms with E-state index in [1.165, 1.54) is 29.5 Å². The summed E-state index contributed by atoms with van der Waals surface area (Å²) in [7, 11) is 0. The molecule has 0 aromatic heterocycles. The lowest BCUT2D eigenvalue weighted by molar-refractivity contribution is 0.161. The third-order valence-electron chi connectivity index (χ3n) is 4.54. The van der Waals surface area contributed by atoms with Crippen molar-refractivity contribution in [1.82, 2.24) is 0 Å². The molecule has 2 N–H and O–H groups in total. The summed E-state index contributed by atoms with van der Waals surface area (Å²) in [6.07, 6.45) is 3.70. The fourth-order valence-corrected chi connectivity index (χ4v) is 3.38. The van der Waals surface area contributed by atoms with Gasteiger partial charge in [-0.15, -0.1) is 0 Å². The van der Waals surface area contributed by atoms with Crippen LogP contribution in [-0.4, -0.2) is 0 Å². The third-order valence-corrected chi connectivity index (χ3v) is 4.54. The van der Waals surface area contributed by atoms with Gasteiger partial charge < -0.3 is 5.73 Å². The number of hydrogen-bond donors (Lipinski definition) is 1. The van der Waals surface area contributed by atoms with E-state index in [0.717, 1.165) is 12.3 Å². The summed E-state index contributed by atoms with van der Waals surface area (Å²) in [5, 5.41) is 0. The van der Waals surface area contributed by atoms with Gasteiger partial charge in [-0.1, -0.05) is 44.0 Å². The Labute approximate surface area is 105 Å². The van der Waals surface area contributed by atoms with Gasteiger partial charge in [0.15, 0.2) is 0 Å². The average molecular weight is 231 g/mol. The molecule has 1 aliphatic carbocycles. The van der Waals surface area contributed by atoms with Crippen molar-refractivity contribution in [3.63, 3.8) is 0 Å². The molecule has 1 aromatic carbocycles. The Hall–Kier alpha value is -0.820. The molecule has 17 heavy (non-hydrogen) atoms. The zero-order valence-electron chi connectivity index (χ0n) is 11.6. The van der Waals surface area contributed by atoms with Gasteiger partial charge in [-0.25, -0.2) is 0 Å². The Morgan fingerprint density at radius 2 is 1.88 bits per heavy atom. The van der Waals surface area contributed by atoms with Crippen LogP contribution in [0.3, 0.4) is 0 Å². The van der Waals surface area contributed by atoms with Gasteiger partial charge in [0, 0.05) is 5.54 Å². The second kappa shape index (κ2) is 4.45. The van der Waals surface area contributed by atoms with Crippen LogP contribution in [-0.2, 0) is 5.54 Å². The van der Waals surface area contributed by atoms with E-state index >= 15 is 0 Å². The van der Waals surface area contributed by atoms with Gasteiger partial charge in [-0.3, -0.25) is 0 Å². The molecule has 1 heteroatoms. The average Bonchev–Trinajstić information content (AvgIpc) is 2.23. The van der Waals surface area contributed by atoms with E-state index in [0.29, 0.717) is 5.92 Å². The topological polar surface area (TPSA) is 26.0 Å². The molecule has 1 aromatic rings. The first-order valence-corrected chi connectivity index (χ1v) is 6.80. The van der Waals surface area contributed by atoms with Crippen LogP contribution in [0.5, 0.6) is 0 Å². The fourth-order valence-electron chi connectivity index (χ4n) is 3.38. The van der Waals surface area contributed by atoms with Gasteiger partial charge >= 0.3 is 0 Å². The van der Waals surface area contributed by atoms with Crippen molar-refractivity contribution in [2.45, 2.75) is 52.5 Å². The van der Waals surface area contributed by atoms with Crippen LogP contribution in [0.2, 0.25) is 0 Å². The molecule has 1 fully saturated rings. The largest absolute Gasteiger partial charge is 0.321 e. The lowest BCUT2D eigenvalue weighted by atomic mass is 9.66. The van der Waals surface area contributed by atoms with E-state index in [-0.39, 0.29) is 5.54 Å². The summed E-state index contributed by atoms with van der Waals surface area (Å²) in [5.41, 5.74) is 10.7. The smallest absolute Gasteiger partial charge is 0.0440 e. The number of benzene rings is 1. The molecule has 2 rings (SSSR count). The van der Waals surface area contributed by atoms with Crippen molar-refractivity contribution in [1.29, 1.82) is 0 Å². The van der Waals surface area contributed by atoms with Gasteiger partial charge in [0.05, 0.1) is 0 Å². The van der Waals surface area contributed by atoms with Crippen molar-refractivity contribution < 1.29 is 0 Å². The molecule has 0 saturated heterocycles. The number of aryl methyl sites for hydroxylation is 2. The first-order chi connectivity index (χ1) is 7.93. The van der Waals surface area contributed by atoms with Gasteiger partial charge in [0.25, 0.3) is 0 Å². The molecular formula is C16H25N. The van der Waals surface area contributed by atoms with Crippen molar-refractivity contribution in [2.75, 3.05) is 0 Å². The molecule has 0 spiro atoms. The number of nitrogens with two attached hydrogens (primary N) is 1. The quantitative estimate of drug-likeness (QED) is 0.779. The number of hydrogen-bond acceptors (Lipinski definition) is 1. The highest BCUT2D eigenvalue weighted by Gasteiger charge is 2.39. The van der Waals surface area contributed by atoms with E-state index in [4.69, 9.17) is 5.73 Å². The van der Waals surface area contributed by atoms with Crippen LogP contribution >= 0.6 is 0 Å². The van der Waals surface area contributed by atoms with Crippen LogP contribution < -0.4 is 5.73 Å². The van der Waals surface area contributed by atoms with Gasteiger partial charge in [-0.05, 0) is 49.7 Å². The van der Waals surface area contributed by atoms with Crippen molar-refractivity contribution in [3.8, 4) is 0 Å². The van der Waals surface area contributed by atoms with Gasteiger partial charge in [0.2, 0.25) is 0 Å². The second-order valence-electron chi connectivity index (χ2n) is 6.15. The maximum atomic E-state index is 6.77. The van der Waals surface area contributed by atoms with Gasteiger partial charge in [0.1, 0.15) is 0 Å². The highest BCUT2D eigenvalue weighted by molar-refractivity contribution is 5.36. The monoisotopic (exact) mass is 231 g/mol. The maximum Gasteiger partial charge on any atom is 0.0440 e. The van der Waals surface area contributed by atoms with Crippen LogP contribution in [0.1, 0.15) is 49.8 Å². The van der Waals surface area contributed by atoms with Crippen LogP contribution in [0.25, 0.3) is 0 Å². The Bertz CT molecular complexity index is 410. The summed E-state index contributed by atoms with van der Waals surface area (Å²) in [6.45, 7) is 8.98. The zero-order chi connectivity index (χ0) is 12.6. The summed E-state index contributed by atoms with van der Waals surface area (Å²) in [4.78, 5) is 0. The normalized spacial score (nSPS) is 33.7. The minimum atomic E-state index is -0.116. The predicted molar refractivity (Wildman–Crippen MR) is 74.0 cm³/mol. The third kappa shape index (κ3) is 2.26. The second-order valence-corrected chi connectivity index (χ2v) is 6.15. The maximum absolute atomic E-state index is 6.77. The van der Waals surface area contributed by atoms with E-state index in [2.05, 4.69) is 45.9 Å². The molecule has 1 nitrogen and oxygen atoms in total. The van der Waals surface area contributed by atoms with E-state index in [1.54, 1.807) is 0 Å². The van der Waals surface area contributed by atoms with Gasteiger partial charge in [-0.2, -0.15) is 0 Å². The van der Waals surface area contributed by atoms with E-state index < -0.39 is 0 Å². The van der Waals surface area contributed by atoms with Crippen molar-refractivity contribution >= 4 is 0 Å². The predicted octanol–water partition coefficient (Wildman–Crippen LogP) is 3.91. The molecule has 0 amide bonds. The first kappa shape index (κ1) is 12.6. The molecule has 1 saturated carbocycles. The first-order valence-electron chi connectivity index (χ1n) is 6.80. The van der Waals surface area contributed by atoms with E-state index in [1.807, 2.05) is 0 Å². The molecule has 0 heterocycles. The lowest BCUT2D eigenvalue weighted by Crippen LogP contribution is -2.47. The van der Waals surface area contributed by atoms with Crippen molar-refractivity contribution in [2.24, 2.45) is 17.6 Å². The Kier molecular flexibility index (Phi) is 3.31. The Morgan fingerprint density at radius 3 is 2.53 bits per heavy atom. The van der Waals surface area contributed by atoms with E-state index in [9.17, 15) is 0 Å². The summed E-state index contributed by atoms with van der Waals surface area (Å²) < 4.78 is 0. The van der Waals surface area contributed by atoms with Crippen LogP contribution in [0, 0.1) is 25.7 Å². The fraction of sp³-hybridized carbons (Fsp3) is 0.625. The SMILES string of the molecule is Cc1ccc(C2(N)CC(C)CCC2C)c(C)c1. The highest BCUT2D eigenvalue weighted by Crippen LogP contribution is 2.43. The standard InChI is InChI=1S/C16H25N/c1-11-6-8-15(13(3)9-11)16(17)10-12(2)5-7-14(16)4/h6,8-9,12,14H,5,7,10,17H2,1-4H3. The number of rotatable bonds is 1. The summed E-state index contributed by atoms with van der Waals surface area (Å²) in [5.74, 6) is 1.33. The Balaban J connectivity index is 2.42. The molecular weight excluding hydrogens is 206 g/mol. The highest BCUT2D eigenvalue weighted by atomic mass is 14.8.